The lowest BCUT2D eigenvalue weighted by Gasteiger charge is -2.38. The Morgan fingerprint density at radius 3 is 2.89 bits per heavy atom. The number of ether oxygens (including phenoxy) is 1. The molecule has 9 heteroatoms. The first-order chi connectivity index (χ1) is 8.95. The maximum Gasteiger partial charge on any atom is 0.351 e. The van der Waals surface area contributed by atoms with Gasteiger partial charge in [0, 0.05) is 6.20 Å². The van der Waals surface area contributed by atoms with E-state index in [0.29, 0.717) is 0 Å². The first-order valence-electron chi connectivity index (χ1n) is 5.53. The SMILES string of the molecule is Nc1ccn(C2OC(CO)C(O)C(F)C2Cl)c(=O)n1. The third-order valence-corrected chi connectivity index (χ3v) is 3.36. The van der Waals surface area contributed by atoms with Gasteiger partial charge in [-0.1, -0.05) is 0 Å². The van der Waals surface area contributed by atoms with Gasteiger partial charge >= 0.3 is 5.69 Å². The van der Waals surface area contributed by atoms with Crippen molar-refractivity contribution in [3.8, 4) is 0 Å². The number of nitrogens with two attached hydrogens (primary N) is 1. The molecule has 0 aromatic carbocycles. The zero-order valence-corrected chi connectivity index (χ0v) is 10.4. The Hall–Kier alpha value is -1.22. The minimum absolute atomic E-state index is 0.0127. The molecule has 106 valence electrons. The molecule has 0 saturated carbocycles. The summed E-state index contributed by atoms with van der Waals surface area (Å²) in [6.07, 6.45) is -4.48. The fourth-order valence-electron chi connectivity index (χ4n) is 1.87. The van der Waals surface area contributed by atoms with E-state index in [4.69, 9.17) is 27.2 Å². The summed E-state index contributed by atoms with van der Waals surface area (Å²) in [5.41, 5.74) is 4.59. The van der Waals surface area contributed by atoms with E-state index in [2.05, 4.69) is 4.98 Å². The van der Waals surface area contributed by atoms with Gasteiger partial charge in [0.15, 0.2) is 6.23 Å². The van der Waals surface area contributed by atoms with Crippen molar-refractivity contribution in [1.29, 1.82) is 0 Å². The highest BCUT2D eigenvalue weighted by molar-refractivity contribution is 6.21. The molecular weight excluding hydrogens is 281 g/mol. The summed E-state index contributed by atoms with van der Waals surface area (Å²) in [5, 5.41) is 17.3. The number of hydrogen-bond acceptors (Lipinski definition) is 6. The number of alkyl halides is 2. The van der Waals surface area contributed by atoms with E-state index < -0.39 is 42.3 Å². The van der Waals surface area contributed by atoms with Crippen molar-refractivity contribution in [2.75, 3.05) is 12.3 Å². The standard InChI is InChI=1S/C10H13ClFN3O4/c11-6-7(12)8(17)4(3-16)19-9(6)15-2-1-5(13)14-10(15)18/h1-2,4,6-9,16-17H,3H2,(H2,13,14,18). The number of nitrogens with zero attached hydrogens (tertiary/aromatic N) is 2. The summed E-state index contributed by atoms with van der Waals surface area (Å²) >= 11 is 5.84. The van der Waals surface area contributed by atoms with Crippen LogP contribution in [0.25, 0.3) is 0 Å². The Morgan fingerprint density at radius 2 is 2.32 bits per heavy atom. The van der Waals surface area contributed by atoms with Crippen molar-refractivity contribution < 1.29 is 19.3 Å². The molecular formula is C10H13ClFN3O4. The van der Waals surface area contributed by atoms with Crippen molar-refractivity contribution in [2.24, 2.45) is 0 Å². The zero-order valence-electron chi connectivity index (χ0n) is 9.69. The molecule has 2 heterocycles. The summed E-state index contributed by atoms with van der Waals surface area (Å²) in [4.78, 5) is 15.1. The van der Waals surface area contributed by atoms with Gasteiger partial charge in [0.1, 0.15) is 29.6 Å². The zero-order chi connectivity index (χ0) is 14.2. The average molecular weight is 294 g/mol. The highest BCUT2D eigenvalue weighted by atomic mass is 35.5. The monoisotopic (exact) mass is 293 g/mol. The quantitative estimate of drug-likeness (QED) is 0.605. The van der Waals surface area contributed by atoms with Gasteiger partial charge in [-0.05, 0) is 6.07 Å². The van der Waals surface area contributed by atoms with Crippen LogP contribution in [0.3, 0.4) is 0 Å². The van der Waals surface area contributed by atoms with E-state index >= 15 is 0 Å². The molecule has 0 amide bonds. The van der Waals surface area contributed by atoms with Crippen molar-refractivity contribution >= 4 is 17.4 Å². The normalized spacial score (nSPS) is 35.3. The van der Waals surface area contributed by atoms with Crippen molar-refractivity contribution in [1.82, 2.24) is 9.55 Å². The Morgan fingerprint density at radius 1 is 1.63 bits per heavy atom. The maximum atomic E-state index is 13.8. The summed E-state index contributed by atoms with van der Waals surface area (Å²) in [6, 6.07) is 1.33. The number of nitrogen functional groups attached to an aromatic ring is 1. The van der Waals surface area contributed by atoms with Gasteiger partial charge in [0.05, 0.1) is 6.61 Å². The van der Waals surface area contributed by atoms with Gasteiger partial charge in [-0.3, -0.25) is 4.57 Å². The topological polar surface area (TPSA) is 111 Å². The summed E-state index contributed by atoms with van der Waals surface area (Å²) in [6.45, 7) is -0.598. The van der Waals surface area contributed by atoms with Crippen molar-refractivity contribution in [3.63, 3.8) is 0 Å². The Bertz CT molecular complexity index is 512. The average Bonchev–Trinajstić information content (AvgIpc) is 2.38. The molecule has 1 saturated heterocycles. The van der Waals surface area contributed by atoms with Crippen LogP contribution in [-0.4, -0.2) is 50.1 Å². The Kier molecular flexibility index (Phi) is 4.04. The van der Waals surface area contributed by atoms with E-state index in [9.17, 15) is 14.3 Å². The second-order valence-corrected chi connectivity index (χ2v) is 4.67. The Balaban J connectivity index is 2.35. The predicted molar refractivity (Wildman–Crippen MR) is 64.4 cm³/mol. The molecule has 0 radical (unpaired) electrons. The first-order valence-corrected chi connectivity index (χ1v) is 5.96. The smallest absolute Gasteiger partial charge is 0.351 e. The molecule has 1 aliphatic rings. The number of aliphatic hydroxyl groups is 2. The van der Waals surface area contributed by atoms with Gasteiger partial charge in [0.25, 0.3) is 0 Å². The van der Waals surface area contributed by atoms with E-state index in [0.717, 1.165) is 4.57 Å². The van der Waals surface area contributed by atoms with Gasteiger partial charge in [-0.15, -0.1) is 11.6 Å². The number of rotatable bonds is 2. The van der Waals surface area contributed by atoms with E-state index in [1.807, 2.05) is 0 Å². The van der Waals surface area contributed by atoms with Crippen LogP contribution >= 0.6 is 11.6 Å². The second kappa shape index (κ2) is 5.41. The molecule has 4 N–H and O–H groups in total. The number of hydrogen-bond donors (Lipinski definition) is 3. The van der Waals surface area contributed by atoms with Gasteiger partial charge in [-0.25, -0.2) is 9.18 Å². The van der Waals surface area contributed by atoms with Gasteiger partial charge < -0.3 is 20.7 Å². The highest BCUT2D eigenvalue weighted by Gasteiger charge is 2.45. The fraction of sp³-hybridized carbons (Fsp3) is 0.600. The third kappa shape index (κ3) is 2.57. The highest BCUT2D eigenvalue weighted by Crippen LogP contribution is 2.32. The molecule has 5 atom stereocenters. The van der Waals surface area contributed by atoms with Crippen LogP contribution in [-0.2, 0) is 4.74 Å². The summed E-state index contributed by atoms with van der Waals surface area (Å²) in [5.74, 6) is 0.0127. The molecule has 0 aliphatic carbocycles. The number of aliphatic hydroxyl groups excluding tert-OH is 2. The van der Waals surface area contributed by atoms with Crippen LogP contribution in [0, 0.1) is 0 Å². The predicted octanol–water partition coefficient (Wildman–Crippen LogP) is -0.978. The van der Waals surface area contributed by atoms with E-state index in [-0.39, 0.29) is 5.82 Å². The lowest BCUT2D eigenvalue weighted by atomic mass is 10.0. The molecule has 1 aromatic heterocycles. The third-order valence-electron chi connectivity index (χ3n) is 2.90. The van der Waals surface area contributed by atoms with Crippen LogP contribution in [0.4, 0.5) is 10.2 Å². The molecule has 5 unspecified atom stereocenters. The first kappa shape index (κ1) is 14.2. The molecule has 1 fully saturated rings. The molecule has 7 nitrogen and oxygen atoms in total. The van der Waals surface area contributed by atoms with Crippen LogP contribution in [0.1, 0.15) is 6.23 Å². The van der Waals surface area contributed by atoms with Crippen LogP contribution in [0.15, 0.2) is 17.1 Å². The molecule has 2 rings (SSSR count). The molecule has 0 spiro atoms. The lowest BCUT2D eigenvalue weighted by molar-refractivity contribution is -0.184. The van der Waals surface area contributed by atoms with E-state index in [1.165, 1.54) is 12.3 Å². The number of halogens is 2. The fourth-order valence-corrected chi connectivity index (χ4v) is 2.20. The van der Waals surface area contributed by atoms with Crippen molar-refractivity contribution in [2.45, 2.75) is 30.0 Å². The summed E-state index contributed by atoms with van der Waals surface area (Å²) < 4.78 is 20.0. The number of aromatic nitrogens is 2. The van der Waals surface area contributed by atoms with Crippen LogP contribution in [0.5, 0.6) is 0 Å². The largest absolute Gasteiger partial charge is 0.394 e. The minimum atomic E-state index is -1.85. The van der Waals surface area contributed by atoms with Crippen LogP contribution < -0.4 is 11.4 Å². The van der Waals surface area contributed by atoms with Gasteiger partial charge in [0.2, 0.25) is 0 Å². The summed E-state index contributed by atoms with van der Waals surface area (Å²) in [7, 11) is 0. The van der Waals surface area contributed by atoms with Gasteiger partial charge in [-0.2, -0.15) is 4.98 Å². The second-order valence-electron chi connectivity index (χ2n) is 4.17. The van der Waals surface area contributed by atoms with E-state index in [1.54, 1.807) is 0 Å². The van der Waals surface area contributed by atoms with Crippen LogP contribution in [0.2, 0.25) is 0 Å². The molecule has 19 heavy (non-hydrogen) atoms. The number of anilines is 1. The molecule has 0 bridgehead atoms. The molecule has 1 aliphatic heterocycles. The minimum Gasteiger partial charge on any atom is -0.394 e. The maximum absolute atomic E-state index is 13.8. The Labute approximate surface area is 112 Å². The van der Waals surface area contributed by atoms with Crippen molar-refractivity contribution in [3.05, 3.63) is 22.7 Å². The molecule has 1 aromatic rings. The lowest BCUT2D eigenvalue weighted by Crippen LogP contribution is -2.54.